The van der Waals surface area contributed by atoms with E-state index in [1.165, 1.54) is 51.6 Å². The predicted octanol–water partition coefficient (Wildman–Crippen LogP) is 1.99. The smallest absolute Gasteiger partial charge is 0.0111 e. The van der Waals surface area contributed by atoms with E-state index in [0.717, 1.165) is 12.0 Å². The minimum atomic E-state index is 0.491. The lowest BCUT2D eigenvalue weighted by molar-refractivity contribution is 0.234. The molecule has 0 aromatic heterocycles. The van der Waals surface area contributed by atoms with E-state index in [1.807, 2.05) is 0 Å². The zero-order valence-corrected chi connectivity index (χ0v) is 9.41. The molecule has 0 spiro atoms. The molecule has 2 nitrogen and oxygen atoms in total. The highest BCUT2D eigenvalue weighted by Gasteiger charge is 2.31. The minimum Gasteiger partial charge on any atom is -0.328 e. The second-order valence-electron chi connectivity index (χ2n) is 5.17. The Morgan fingerprint density at radius 2 is 2.14 bits per heavy atom. The van der Waals surface area contributed by atoms with Gasteiger partial charge in [-0.15, -0.1) is 0 Å². The summed E-state index contributed by atoms with van der Waals surface area (Å²) < 4.78 is 0. The normalized spacial score (nSPS) is 39.4. The third-order valence-electron chi connectivity index (χ3n) is 3.98. The first-order valence-electron chi connectivity index (χ1n) is 6.29. The summed E-state index contributed by atoms with van der Waals surface area (Å²) in [7, 11) is 0. The van der Waals surface area contributed by atoms with Crippen LogP contribution in [0.25, 0.3) is 0 Å². The van der Waals surface area contributed by atoms with Crippen LogP contribution in [0, 0.1) is 5.92 Å². The fourth-order valence-corrected chi connectivity index (χ4v) is 3.16. The molecule has 2 aliphatic rings. The minimum absolute atomic E-state index is 0.491. The molecule has 3 atom stereocenters. The lowest BCUT2D eigenvalue weighted by Crippen LogP contribution is -2.32. The summed E-state index contributed by atoms with van der Waals surface area (Å²) in [6.45, 7) is 4.99. The SMILES string of the molecule is CCCC1CCN(C2CCC(N)C2)C1. The lowest BCUT2D eigenvalue weighted by atomic mass is 10.0. The molecular weight excluding hydrogens is 172 g/mol. The highest BCUT2D eigenvalue weighted by Crippen LogP contribution is 2.29. The van der Waals surface area contributed by atoms with Crippen LogP contribution in [0.2, 0.25) is 0 Å². The van der Waals surface area contributed by atoms with Gasteiger partial charge in [0.15, 0.2) is 0 Å². The van der Waals surface area contributed by atoms with Gasteiger partial charge in [0.25, 0.3) is 0 Å². The van der Waals surface area contributed by atoms with Gasteiger partial charge in [-0.05, 0) is 44.6 Å². The Morgan fingerprint density at radius 3 is 2.79 bits per heavy atom. The van der Waals surface area contributed by atoms with Crippen LogP contribution in [-0.4, -0.2) is 30.1 Å². The van der Waals surface area contributed by atoms with Gasteiger partial charge in [-0.1, -0.05) is 13.3 Å². The van der Waals surface area contributed by atoms with Crippen molar-refractivity contribution in [2.45, 2.75) is 57.5 Å². The van der Waals surface area contributed by atoms with Gasteiger partial charge in [0.1, 0.15) is 0 Å². The molecule has 1 saturated carbocycles. The Morgan fingerprint density at radius 1 is 1.29 bits per heavy atom. The average molecular weight is 196 g/mol. The van der Waals surface area contributed by atoms with Crippen molar-refractivity contribution in [3.8, 4) is 0 Å². The summed E-state index contributed by atoms with van der Waals surface area (Å²) in [5.41, 5.74) is 5.96. The monoisotopic (exact) mass is 196 g/mol. The van der Waals surface area contributed by atoms with Crippen LogP contribution in [0.5, 0.6) is 0 Å². The molecule has 82 valence electrons. The first-order chi connectivity index (χ1) is 6.79. The van der Waals surface area contributed by atoms with Crippen molar-refractivity contribution >= 4 is 0 Å². The zero-order chi connectivity index (χ0) is 9.97. The van der Waals surface area contributed by atoms with E-state index >= 15 is 0 Å². The molecule has 2 fully saturated rings. The second kappa shape index (κ2) is 4.63. The standard InChI is InChI=1S/C12H24N2/c1-2-3-10-6-7-14(9-10)12-5-4-11(13)8-12/h10-12H,2-9,13H2,1H3. The maximum atomic E-state index is 5.96. The first-order valence-corrected chi connectivity index (χ1v) is 6.29. The number of likely N-dealkylation sites (tertiary alicyclic amines) is 1. The zero-order valence-electron chi connectivity index (χ0n) is 9.41. The van der Waals surface area contributed by atoms with E-state index in [9.17, 15) is 0 Å². The van der Waals surface area contributed by atoms with Crippen LogP contribution < -0.4 is 5.73 Å². The van der Waals surface area contributed by atoms with Crippen LogP contribution in [0.1, 0.15) is 45.4 Å². The molecule has 1 aliphatic heterocycles. The van der Waals surface area contributed by atoms with E-state index in [2.05, 4.69) is 11.8 Å². The summed E-state index contributed by atoms with van der Waals surface area (Å²) >= 11 is 0. The number of nitrogens with zero attached hydrogens (tertiary/aromatic N) is 1. The summed E-state index contributed by atoms with van der Waals surface area (Å²) in [6.07, 6.45) is 8.05. The van der Waals surface area contributed by atoms with E-state index in [1.54, 1.807) is 0 Å². The highest BCUT2D eigenvalue weighted by atomic mass is 15.2. The summed E-state index contributed by atoms with van der Waals surface area (Å²) in [6, 6.07) is 1.32. The summed E-state index contributed by atoms with van der Waals surface area (Å²) in [5, 5.41) is 0. The number of rotatable bonds is 3. The number of nitrogens with two attached hydrogens (primary N) is 1. The Bertz CT molecular complexity index is 181. The van der Waals surface area contributed by atoms with Gasteiger partial charge in [0.2, 0.25) is 0 Å². The van der Waals surface area contributed by atoms with Crippen molar-refractivity contribution in [3.05, 3.63) is 0 Å². The molecule has 1 saturated heterocycles. The van der Waals surface area contributed by atoms with Crippen molar-refractivity contribution in [1.29, 1.82) is 0 Å². The Kier molecular flexibility index (Phi) is 3.45. The lowest BCUT2D eigenvalue weighted by Gasteiger charge is -2.23. The number of hydrogen-bond donors (Lipinski definition) is 1. The fraction of sp³-hybridized carbons (Fsp3) is 1.00. The van der Waals surface area contributed by atoms with E-state index in [-0.39, 0.29) is 0 Å². The van der Waals surface area contributed by atoms with Gasteiger partial charge in [-0.2, -0.15) is 0 Å². The largest absolute Gasteiger partial charge is 0.328 e. The van der Waals surface area contributed by atoms with E-state index in [4.69, 9.17) is 5.73 Å². The Balaban J connectivity index is 1.78. The maximum Gasteiger partial charge on any atom is 0.0111 e. The van der Waals surface area contributed by atoms with E-state index < -0.39 is 0 Å². The third kappa shape index (κ3) is 2.29. The van der Waals surface area contributed by atoms with Crippen LogP contribution in [0.3, 0.4) is 0 Å². The van der Waals surface area contributed by atoms with Crippen LogP contribution >= 0.6 is 0 Å². The average Bonchev–Trinajstić information content (AvgIpc) is 2.74. The predicted molar refractivity (Wildman–Crippen MR) is 60.2 cm³/mol. The van der Waals surface area contributed by atoms with Gasteiger partial charge in [-0.25, -0.2) is 0 Å². The van der Waals surface area contributed by atoms with Crippen molar-refractivity contribution in [1.82, 2.24) is 4.90 Å². The molecule has 1 aliphatic carbocycles. The Labute approximate surface area is 87.8 Å². The molecule has 14 heavy (non-hydrogen) atoms. The maximum absolute atomic E-state index is 5.96. The molecule has 0 amide bonds. The van der Waals surface area contributed by atoms with Gasteiger partial charge in [0.05, 0.1) is 0 Å². The van der Waals surface area contributed by atoms with Crippen molar-refractivity contribution < 1.29 is 0 Å². The van der Waals surface area contributed by atoms with Crippen LogP contribution in [-0.2, 0) is 0 Å². The molecule has 3 unspecified atom stereocenters. The van der Waals surface area contributed by atoms with Crippen molar-refractivity contribution in [2.24, 2.45) is 11.7 Å². The highest BCUT2D eigenvalue weighted by molar-refractivity contribution is 4.88. The molecule has 2 heteroatoms. The topological polar surface area (TPSA) is 29.3 Å². The quantitative estimate of drug-likeness (QED) is 0.748. The molecule has 2 N–H and O–H groups in total. The molecule has 0 bridgehead atoms. The second-order valence-corrected chi connectivity index (χ2v) is 5.17. The summed E-state index contributed by atoms with van der Waals surface area (Å²) in [4.78, 5) is 2.70. The third-order valence-corrected chi connectivity index (χ3v) is 3.98. The van der Waals surface area contributed by atoms with E-state index in [0.29, 0.717) is 6.04 Å². The fourth-order valence-electron chi connectivity index (χ4n) is 3.16. The van der Waals surface area contributed by atoms with Gasteiger partial charge >= 0.3 is 0 Å². The van der Waals surface area contributed by atoms with Gasteiger partial charge in [-0.3, -0.25) is 0 Å². The van der Waals surface area contributed by atoms with Crippen LogP contribution in [0.4, 0.5) is 0 Å². The Hall–Kier alpha value is -0.0800. The molecule has 2 rings (SSSR count). The van der Waals surface area contributed by atoms with Gasteiger partial charge < -0.3 is 10.6 Å². The van der Waals surface area contributed by atoms with Crippen LogP contribution in [0.15, 0.2) is 0 Å². The first kappa shape index (κ1) is 10.4. The molecule has 0 aromatic carbocycles. The van der Waals surface area contributed by atoms with Crippen molar-refractivity contribution in [3.63, 3.8) is 0 Å². The van der Waals surface area contributed by atoms with Crippen molar-refractivity contribution in [2.75, 3.05) is 13.1 Å². The molecule has 0 radical (unpaired) electrons. The molecule has 0 aromatic rings. The molecular formula is C12H24N2. The molecule has 1 heterocycles. The number of hydrogen-bond acceptors (Lipinski definition) is 2. The van der Waals surface area contributed by atoms with Gasteiger partial charge in [0, 0.05) is 18.6 Å². The summed E-state index contributed by atoms with van der Waals surface area (Å²) in [5.74, 6) is 0.983.